The van der Waals surface area contributed by atoms with E-state index in [2.05, 4.69) is 18.5 Å². The molecule has 1 aromatic heterocycles. The Morgan fingerprint density at radius 2 is 2.20 bits per heavy atom. The SMILES string of the molecule is C=Cc1c(C)ccnc1C. The molecule has 0 spiro atoms. The number of hydrogen-bond donors (Lipinski definition) is 0. The van der Waals surface area contributed by atoms with E-state index in [-0.39, 0.29) is 0 Å². The fraction of sp³-hybridized carbons (Fsp3) is 0.222. The summed E-state index contributed by atoms with van der Waals surface area (Å²) in [6, 6.07) is 1.99. The maximum atomic E-state index is 4.14. The van der Waals surface area contributed by atoms with Gasteiger partial charge in [-0.3, -0.25) is 4.98 Å². The van der Waals surface area contributed by atoms with Crippen LogP contribution in [0.2, 0.25) is 0 Å². The molecule has 0 fully saturated rings. The molecule has 0 radical (unpaired) electrons. The second-order valence-corrected chi connectivity index (χ2v) is 2.33. The standard InChI is InChI=1S/C9H11N/c1-4-9-7(2)5-6-10-8(9)3/h4-6H,1H2,2-3H3. The molecule has 1 heterocycles. The summed E-state index contributed by atoms with van der Waals surface area (Å²) in [6.45, 7) is 7.76. The lowest BCUT2D eigenvalue weighted by atomic mass is 10.1. The highest BCUT2D eigenvalue weighted by Gasteiger charge is 1.95. The lowest BCUT2D eigenvalue weighted by molar-refractivity contribution is 1.16. The van der Waals surface area contributed by atoms with Crippen LogP contribution in [0.5, 0.6) is 0 Å². The number of aromatic nitrogens is 1. The first-order valence-electron chi connectivity index (χ1n) is 3.30. The maximum absolute atomic E-state index is 4.14. The Kier molecular flexibility index (Phi) is 1.86. The van der Waals surface area contributed by atoms with Gasteiger partial charge in [0, 0.05) is 11.9 Å². The van der Waals surface area contributed by atoms with Crippen LogP contribution in [0, 0.1) is 13.8 Å². The van der Waals surface area contributed by atoms with E-state index in [9.17, 15) is 0 Å². The van der Waals surface area contributed by atoms with Crippen molar-refractivity contribution in [3.8, 4) is 0 Å². The van der Waals surface area contributed by atoms with Gasteiger partial charge in [0.05, 0.1) is 0 Å². The average Bonchev–Trinajstić information content (AvgIpc) is 1.88. The van der Waals surface area contributed by atoms with Crippen molar-refractivity contribution >= 4 is 6.08 Å². The van der Waals surface area contributed by atoms with Crippen molar-refractivity contribution in [2.75, 3.05) is 0 Å². The fourth-order valence-electron chi connectivity index (χ4n) is 1.01. The van der Waals surface area contributed by atoms with Crippen molar-refractivity contribution in [2.24, 2.45) is 0 Å². The van der Waals surface area contributed by atoms with Crippen LogP contribution in [0.4, 0.5) is 0 Å². The monoisotopic (exact) mass is 133 g/mol. The Balaban J connectivity index is 3.30. The number of aryl methyl sites for hydroxylation is 2. The molecule has 0 bridgehead atoms. The van der Waals surface area contributed by atoms with E-state index < -0.39 is 0 Å². The Labute approximate surface area is 61.4 Å². The summed E-state index contributed by atoms with van der Waals surface area (Å²) in [5, 5.41) is 0. The third kappa shape index (κ3) is 1.08. The molecule has 0 atom stereocenters. The number of pyridine rings is 1. The molecule has 1 rings (SSSR count). The van der Waals surface area contributed by atoms with Crippen LogP contribution in [0.25, 0.3) is 6.08 Å². The minimum atomic E-state index is 1.05. The molecule has 0 unspecified atom stereocenters. The topological polar surface area (TPSA) is 12.9 Å². The van der Waals surface area contributed by atoms with Crippen LogP contribution in [-0.2, 0) is 0 Å². The Morgan fingerprint density at radius 1 is 1.50 bits per heavy atom. The third-order valence-electron chi connectivity index (χ3n) is 1.61. The molecule has 1 heteroatoms. The minimum absolute atomic E-state index is 1.05. The van der Waals surface area contributed by atoms with E-state index >= 15 is 0 Å². The molecule has 0 N–H and O–H groups in total. The molecule has 52 valence electrons. The van der Waals surface area contributed by atoms with Crippen molar-refractivity contribution in [1.29, 1.82) is 0 Å². The molecule has 10 heavy (non-hydrogen) atoms. The molecule has 0 aliphatic heterocycles. The van der Waals surface area contributed by atoms with Gasteiger partial charge in [-0.15, -0.1) is 0 Å². The highest BCUT2D eigenvalue weighted by molar-refractivity contribution is 5.53. The smallest absolute Gasteiger partial charge is 0.0447 e. The molecular weight excluding hydrogens is 122 g/mol. The molecule has 1 aromatic rings. The lowest BCUT2D eigenvalue weighted by Gasteiger charge is -2.01. The summed E-state index contributed by atoms with van der Waals surface area (Å²) in [7, 11) is 0. The molecule has 1 nitrogen and oxygen atoms in total. The number of nitrogens with zero attached hydrogens (tertiary/aromatic N) is 1. The van der Waals surface area contributed by atoms with Gasteiger partial charge in [0.25, 0.3) is 0 Å². The molecule has 0 saturated carbocycles. The molecule has 0 aliphatic rings. The van der Waals surface area contributed by atoms with Gasteiger partial charge in [0.15, 0.2) is 0 Å². The first-order valence-corrected chi connectivity index (χ1v) is 3.30. The first kappa shape index (κ1) is 7.00. The molecule has 0 aliphatic carbocycles. The predicted octanol–water partition coefficient (Wildman–Crippen LogP) is 2.34. The summed E-state index contributed by atoms with van der Waals surface area (Å²) in [4.78, 5) is 4.14. The largest absolute Gasteiger partial charge is 0.261 e. The van der Waals surface area contributed by atoms with Crippen LogP contribution < -0.4 is 0 Å². The summed E-state index contributed by atoms with van der Waals surface area (Å²) >= 11 is 0. The zero-order valence-electron chi connectivity index (χ0n) is 6.39. The summed E-state index contributed by atoms with van der Waals surface area (Å²) in [5.41, 5.74) is 3.44. The van der Waals surface area contributed by atoms with E-state index in [4.69, 9.17) is 0 Å². The van der Waals surface area contributed by atoms with Crippen molar-refractivity contribution in [3.05, 3.63) is 35.7 Å². The first-order chi connectivity index (χ1) is 4.75. The van der Waals surface area contributed by atoms with E-state index in [0.29, 0.717) is 0 Å². The van der Waals surface area contributed by atoms with Gasteiger partial charge in [-0.25, -0.2) is 0 Å². The van der Waals surface area contributed by atoms with Gasteiger partial charge in [-0.2, -0.15) is 0 Å². The van der Waals surface area contributed by atoms with Crippen molar-refractivity contribution in [1.82, 2.24) is 4.98 Å². The Hall–Kier alpha value is -1.11. The summed E-state index contributed by atoms with van der Waals surface area (Å²) < 4.78 is 0. The highest BCUT2D eigenvalue weighted by atomic mass is 14.7. The quantitative estimate of drug-likeness (QED) is 0.573. The third-order valence-corrected chi connectivity index (χ3v) is 1.61. The van der Waals surface area contributed by atoms with Gasteiger partial charge in [-0.1, -0.05) is 12.7 Å². The van der Waals surface area contributed by atoms with Gasteiger partial charge in [0.2, 0.25) is 0 Å². The summed E-state index contributed by atoms with van der Waals surface area (Å²) in [6.07, 6.45) is 3.66. The lowest BCUT2D eigenvalue weighted by Crippen LogP contribution is -1.88. The Bertz CT molecular complexity index is 231. The predicted molar refractivity (Wildman–Crippen MR) is 43.8 cm³/mol. The van der Waals surface area contributed by atoms with Gasteiger partial charge in [-0.05, 0) is 31.0 Å². The van der Waals surface area contributed by atoms with Gasteiger partial charge < -0.3 is 0 Å². The molecular formula is C9H11N. The Morgan fingerprint density at radius 3 is 2.60 bits per heavy atom. The van der Waals surface area contributed by atoms with Gasteiger partial charge in [0.1, 0.15) is 0 Å². The minimum Gasteiger partial charge on any atom is -0.261 e. The fourth-order valence-corrected chi connectivity index (χ4v) is 1.01. The normalized spacial score (nSPS) is 9.40. The van der Waals surface area contributed by atoms with Crippen LogP contribution in [0.3, 0.4) is 0 Å². The van der Waals surface area contributed by atoms with Crippen LogP contribution in [-0.4, -0.2) is 4.98 Å². The maximum Gasteiger partial charge on any atom is 0.0447 e. The second kappa shape index (κ2) is 2.65. The molecule has 0 aromatic carbocycles. The van der Waals surface area contributed by atoms with Crippen LogP contribution >= 0.6 is 0 Å². The van der Waals surface area contributed by atoms with E-state index in [0.717, 1.165) is 11.3 Å². The van der Waals surface area contributed by atoms with Crippen LogP contribution in [0.1, 0.15) is 16.8 Å². The zero-order valence-corrected chi connectivity index (χ0v) is 6.39. The number of rotatable bonds is 1. The average molecular weight is 133 g/mol. The van der Waals surface area contributed by atoms with Crippen molar-refractivity contribution in [3.63, 3.8) is 0 Å². The van der Waals surface area contributed by atoms with Crippen LogP contribution in [0.15, 0.2) is 18.8 Å². The van der Waals surface area contributed by atoms with Crippen molar-refractivity contribution in [2.45, 2.75) is 13.8 Å². The van der Waals surface area contributed by atoms with E-state index in [1.807, 2.05) is 25.3 Å². The zero-order chi connectivity index (χ0) is 7.56. The molecule has 0 amide bonds. The highest BCUT2D eigenvalue weighted by Crippen LogP contribution is 2.10. The summed E-state index contributed by atoms with van der Waals surface area (Å²) in [5.74, 6) is 0. The van der Waals surface area contributed by atoms with Gasteiger partial charge >= 0.3 is 0 Å². The van der Waals surface area contributed by atoms with E-state index in [1.165, 1.54) is 5.56 Å². The number of hydrogen-bond acceptors (Lipinski definition) is 1. The second-order valence-electron chi connectivity index (χ2n) is 2.33. The molecule has 0 saturated heterocycles. The van der Waals surface area contributed by atoms with E-state index in [1.54, 1.807) is 0 Å². The van der Waals surface area contributed by atoms with Crippen molar-refractivity contribution < 1.29 is 0 Å².